The van der Waals surface area contributed by atoms with Crippen LogP contribution in [0.4, 0.5) is 0 Å². The first kappa shape index (κ1) is 35.4. The van der Waals surface area contributed by atoms with Crippen LogP contribution < -0.4 is 0 Å². The topological polar surface area (TPSA) is 152 Å². The van der Waals surface area contributed by atoms with Gasteiger partial charge in [0.1, 0.15) is 12.7 Å². The number of esters is 1. The summed E-state index contributed by atoms with van der Waals surface area (Å²) in [7, 11) is -3.84. The van der Waals surface area contributed by atoms with E-state index < -0.39 is 44.8 Å². The van der Waals surface area contributed by atoms with Crippen LogP contribution in [-0.2, 0) is 27.7 Å². The third-order valence-corrected chi connectivity index (χ3v) is 7.37. The van der Waals surface area contributed by atoms with Gasteiger partial charge in [-0.2, -0.15) is 0 Å². The van der Waals surface area contributed by atoms with Crippen molar-refractivity contribution in [1.82, 2.24) is 0 Å². The van der Waals surface area contributed by atoms with E-state index in [2.05, 4.69) is 6.92 Å². The largest absolute Gasteiger partial charge is 0.475 e. The van der Waals surface area contributed by atoms with E-state index in [0.717, 1.165) is 44.9 Å². The van der Waals surface area contributed by atoms with Gasteiger partial charge in [-0.15, -0.1) is 0 Å². The van der Waals surface area contributed by atoms with Crippen LogP contribution in [0.1, 0.15) is 104 Å². The molecule has 216 valence electrons. The molecule has 0 spiro atoms. The van der Waals surface area contributed by atoms with Gasteiger partial charge in [-0.25, -0.2) is 4.57 Å². The van der Waals surface area contributed by atoms with Gasteiger partial charge < -0.3 is 25.2 Å². The predicted octanol–water partition coefficient (Wildman–Crippen LogP) is 4.26. The highest BCUT2D eigenvalue weighted by atomic mass is 31.2. The second-order valence-corrected chi connectivity index (χ2v) is 10.7. The molecule has 0 heterocycles. The van der Waals surface area contributed by atoms with Crippen molar-refractivity contribution in [2.45, 2.75) is 129 Å². The number of rotatable bonds is 25. The second-order valence-electron chi connectivity index (χ2n) is 9.06. The highest BCUT2D eigenvalue weighted by Gasteiger charge is 2.34. The summed E-state index contributed by atoms with van der Waals surface area (Å²) >= 11 is 0. The van der Waals surface area contributed by atoms with Crippen molar-refractivity contribution in [3.63, 3.8) is 0 Å². The zero-order chi connectivity index (χ0) is 27.2. The van der Waals surface area contributed by atoms with Gasteiger partial charge in [-0.3, -0.25) is 18.4 Å². The highest BCUT2D eigenvalue weighted by Crippen LogP contribution is 2.51. The molecule has 0 aliphatic rings. The minimum atomic E-state index is -3.84. The summed E-state index contributed by atoms with van der Waals surface area (Å²) in [4.78, 5) is 11.6. The lowest BCUT2D eigenvalue weighted by Gasteiger charge is -2.28. The summed E-state index contributed by atoms with van der Waals surface area (Å²) in [5.41, 5.74) is 0. The summed E-state index contributed by atoms with van der Waals surface area (Å²) in [5, 5.41) is 39.2. The maximum atomic E-state index is 12.9. The van der Waals surface area contributed by atoms with Gasteiger partial charge in [0.25, 0.3) is 0 Å². The third kappa shape index (κ3) is 18.6. The maximum Gasteiger partial charge on any atom is 0.475 e. The second kappa shape index (κ2) is 22.4. The van der Waals surface area contributed by atoms with Crippen LogP contribution in [0.25, 0.3) is 0 Å². The van der Waals surface area contributed by atoms with Crippen LogP contribution in [0, 0.1) is 0 Å². The van der Waals surface area contributed by atoms with Crippen LogP contribution >= 0.6 is 7.82 Å². The number of phosphoric acid groups is 1. The molecule has 0 saturated heterocycles. The monoisotopic (exact) mass is 542 g/mol. The molecule has 0 aliphatic carbocycles. The Balaban J connectivity index is 4.55. The van der Waals surface area contributed by atoms with E-state index in [-0.39, 0.29) is 32.7 Å². The first-order chi connectivity index (χ1) is 17.2. The van der Waals surface area contributed by atoms with Gasteiger partial charge in [-0.05, 0) is 33.1 Å². The molecule has 0 bridgehead atoms. The zero-order valence-corrected chi connectivity index (χ0v) is 23.4. The van der Waals surface area contributed by atoms with Crippen LogP contribution in [0.5, 0.6) is 0 Å². The van der Waals surface area contributed by atoms with E-state index in [0.29, 0.717) is 25.7 Å². The van der Waals surface area contributed by atoms with Gasteiger partial charge in [0.2, 0.25) is 0 Å². The first-order valence-electron chi connectivity index (χ1n) is 13.6. The fourth-order valence-corrected chi connectivity index (χ4v) is 5.08. The average Bonchev–Trinajstić information content (AvgIpc) is 2.84. The van der Waals surface area contributed by atoms with E-state index in [9.17, 15) is 24.7 Å². The van der Waals surface area contributed by atoms with Crippen LogP contribution in [0.2, 0.25) is 0 Å². The van der Waals surface area contributed by atoms with Crippen molar-refractivity contribution in [1.29, 1.82) is 0 Å². The smallest absolute Gasteiger partial charge is 0.463 e. The molecule has 4 unspecified atom stereocenters. The zero-order valence-electron chi connectivity index (χ0n) is 22.5. The summed E-state index contributed by atoms with van der Waals surface area (Å²) < 4.78 is 33.9. The molecule has 4 atom stereocenters. The van der Waals surface area contributed by atoms with Crippen LogP contribution in [-0.4, -0.2) is 77.2 Å². The molecule has 11 heteroatoms. The van der Waals surface area contributed by atoms with Crippen LogP contribution in [0.3, 0.4) is 0 Å². The van der Waals surface area contributed by atoms with Gasteiger partial charge in [0, 0.05) is 12.8 Å². The number of unbranched alkanes of at least 4 members (excludes halogenated alkanes) is 7. The number of phosphoric ester groups is 1. The van der Waals surface area contributed by atoms with E-state index in [1.54, 1.807) is 13.8 Å². The molecule has 0 aromatic heterocycles. The molecule has 0 rings (SSSR count). The molecule has 0 aliphatic heterocycles. The lowest BCUT2D eigenvalue weighted by atomic mass is 9.98. The standard InChI is InChI=1S/C25H51O10P/c1-4-7-8-12-15-21(27)18-24(35-36(31,33-5-2)34-6-3)23(29)16-13-10-9-11-14-17-25(30)32-20-22(28)19-26/h21-24,26-29H,4-20H2,1-3H3. The summed E-state index contributed by atoms with van der Waals surface area (Å²) in [6, 6.07) is 0. The summed E-state index contributed by atoms with van der Waals surface area (Å²) in [5.74, 6) is -0.404. The molecular weight excluding hydrogens is 491 g/mol. The molecule has 10 nitrogen and oxygen atoms in total. The quantitative estimate of drug-likeness (QED) is 0.0748. The SMILES string of the molecule is CCCCCCC(O)CC(OP(=O)(OCC)OCC)C(O)CCCCCCCC(=O)OCC(O)CO. The van der Waals surface area contributed by atoms with Gasteiger partial charge in [0.05, 0.1) is 38.1 Å². The summed E-state index contributed by atoms with van der Waals surface area (Å²) in [6.07, 6.45) is 5.81. The fraction of sp³-hybridized carbons (Fsp3) is 0.960. The number of aliphatic hydroxyl groups is 4. The molecule has 0 aromatic carbocycles. The summed E-state index contributed by atoms with van der Waals surface area (Å²) in [6.45, 7) is 5.10. The minimum absolute atomic E-state index is 0.134. The van der Waals surface area contributed by atoms with Crippen molar-refractivity contribution in [3.05, 3.63) is 0 Å². The van der Waals surface area contributed by atoms with Crippen molar-refractivity contribution in [2.24, 2.45) is 0 Å². The molecule has 0 radical (unpaired) electrons. The number of ether oxygens (including phenoxy) is 1. The Hall–Kier alpha value is -0.580. The Kier molecular flexibility index (Phi) is 22.0. The molecule has 0 saturated carbocycles. The predicted molar refractivity (Wildman–Crippen MR) is 137 cm³/mol. The average molecular weight is 543 g/mol. The van der Waals surface area contributed by atoms with Gasteiger partial charge in [0.15, 0.2) is 0 Å². The van der Waals surface area contributed by atoms with Gasteiger partial charge in [-0.1, -0.05) is 58.3 Å². The molecule has 4 N–H and O–H groups in total. The van der Waals surface area contributed by atoms with Crippen molar-refractivity contribution >= 4 is 13.8 Å². The van der Waals surface area contributed by atoms with Gasteiger partial charge >= 0.3 is 13.8 Å². The number of carbonyl (C=O) groups is 1. The number of carbonyl (C=O) groups excluding carboxylic acids is 1. The molecule has 0 fully saturated rings. The first-order valence-corrected chi connectivity index (χ1v) is 15.0. The Bertz CT molecular complexity index is 567. The minimum Gasteiger partial charge on any atom is -0.463 e. The van der Waals surface area contributed by atoms with Crippen LogP contribution in [0.15, 0.2) is 0 Å². The molecule has 0 aromatic rings. The Morgan fingerprint density at radius 1 is 0.806 bits per heavy atom. The number of hydrogen-bond donors (Lipinski definition) is 4. The maximum absolute atomic E-state index is 12.9. The Morgan fingerprint density at radius 2 is 1.39 bits per heavy atom. The Labute approximate surface area is 217 Å². The van der Waals surface area contributed by atoms with Crippen molar-refractivity contribution < 1.29 is 48.1 Å². The number of hydrogen-bond acceptors (Lipinski definition) is 10. The van der Waals surface area contributed by atoms with E-state index >= 15 is 0 Å². The molecular formula is C25H51O10P. The number of aliphatic hydroxyl groups excluding tert-OH is 4. The highest BCUT2D eigenvalue weighted by molar-refractivity contribution is 7.48. The van der Waals surface area contributed by atoms with E-state index in [1.807, 2.05) is 0 Å². The Morgan fingerprint density at radius 3 is 2.00 bits per heavy atom. The fourth-order valence-electron chi connectivity index (χ4n) is 3.70. The van der Waals surface area contributed by atoms with Crippen molar-refractivity contribution in [2.75, 3.05) is 26.4 Å². The molecule has 36 heavy (non-hydrogen) atoms. The van der Waals surface area contributed by atoms with E-state index in [4.69, 9.17) is 23.4 Å². The normalized spacial score (nSPS) is 15.4. The third-order valence-electron chi connectivity index (χ3n) is 5.69. The lowest BCUT2D eigenvalue weighted by Crippen LogP contribution is -2.32. The lowest BCUT2D eigenvalue weighted by molar-refractivity contribution is -0.147. The van der Waals surface area contributed by atoms with Crippen molar-refractivity contribution in [3.8, 4) is 0 Å². The van der Waals surface area contributed by atoms with E-state index in [1.165, 1.54) is 0 Å². The molecule has 0 amide bonds.